The molecule has 0 N–H and O–H groups in total. The third-order valence-corrected chi connectivity index (χ3v) is 4.30. The van der Waals surface area contributed by atoms with Gasteiger partial charge in [0.15, 0.2) is 0 Å². The molecule has 0 spiro atoms. The summed E-state index contributed by atoms with van der Waals surface area (Å²) in [6.07, 6.45) is 7.03. The summed E-state index contributed by atoms with van der Waals surface area (Å²) in [6, 6.07) is 17.3. The summed E-state index contributed by atoms with van der Waals surface area (Å²) in [6.45, 7) is 0. The molecule has 1 heterocycles. The van der Waals surface area contributed by atoms with Gasteiger partial charge in [0.25, 0.3) is 0 Å². The summed E-state index contributed by atoms with van der Waals surface area (Å²) in [5.74, 6) is 0. The molecule has 0 atom stereocenters. The first-order valence-corrected chi connectivity index (χ1v) is 7.38. The first kappa shape index (κ1) is 11.7. The van der Waals surface area contributed by atoms with Gasteiger partial charge in [0.1, 0.15) is 0 Å². The highest BCUT2D eigenvalue weighted by molar-refractivity contribution is 5.85. The molecule has 2 aromatic carbocycles. The molecule has 1 heteroatoms. The SMILES string of the molecule is c1cc2c(c(-c3cc4ccccc4cn3)c1)CCCC2. The highest BCUT2D eigenvalue weighted by Gasteiger charge is 2.14. The third-order valence-electron chi connectivity index (χ3n) is 4.30. The Bertz CT molecular complexity index is 774. The number of pyridine rings is 1. The molecule has 0 fully saturated rings. The van der Waals surface area contributed by atoms with Crippen LogP contribution in [0.3, 0.4) is 0 Å². The summed E-state index contributed by atoms with van der Waals surface area (Å²) in [5.41, 5.74) is 5.47. The molecule has 1 aliphatic rings. The van der Waals surface area contributed by atoms with Crippen LogP contribution in [0.25, 0.3) is 22.0 Å². The minimum absolute atomic E-state index is 1.11. The monoisotopic (exact) mass is 259 g/mol. The largest absolute Gasteiger partial charge is 0.256 e. The van der Waals surface area contributed by atoms with E-state index in [0.717, 1.165) is 5.69 Å². The van der Waals surface area contributed by atoms with Crippen molar-refractivity contribution < 1.29 is 0 Å². The Morgan fingerprint density at radius 1 is 0.800 bits per heavy atom. The van der Waals surface area contributed by atoms with Crippen molar-refractivity contribution >= 4 is 10.8 Å². The lowest BCUT2D eigenvalue weighted by molar-refractivity contribution is 0.686. The molecular formula is C19H17N. The Morgan fingerprint density at radius 3 is 2.60 bits per heavy atom. The predicted molar refractivity (Wildman–Crippen MR) is 83.8 cm³/mol. The predicted octanol–water partition coefficient (Wildman–Crippen LogP) is 4.78. The lowest BCUT2D eigenvalue weighted by Gasteiger charge is -2.19. The maximum absolute atomic E-state index is 4.69. The number of rotatable bonds is 1. The molecule has 20 heavy (non-hydrogen) atoms. The topological polar surface area (TPSA) is 12.9 Å². The molecule has 1 aliphatic carbocycles. The van der Waals surface area contributed by atoms with Crippen LogP contribution >= 0.6 is 0 Å². The van der Waals surface area contributed by atoms with E-state index in [0.29, 0.717) is 0 Å². The zero-order chi connectivity index (χ0) is 13.4. The molecule has 1 nitrogen and oxygen atoms in total. The first-order valence-electron chi connectivity index (χ1n) is 7.38. The Balaban J connectivity index is 1.90. The van der Waals surface area contributed by atoms with Gasteiger partial charge in [-0.2, -0.15) is 0 Å². The smallest absolute Gasteiger partial charge is 0.0711 e. The summed E-state index contributed by atoms with van der Waals surface area (Å²) >= 11 is 0. The van der Waals surface area contributed by atoms with Crippen molar-refractivity contribution in [3.63, 3.8) is 0 Å². The second-order valence-electron chi connectivity index (χ2n) is 5.57. The minimum Gasteiger partial charge on any atom is -0.256 e. The molecule has 0 radical (unpaired) electrons. The number of aromatic nitrogens is 1. The summed E-state index contributed by atoms with van der Waals surface area (Å²) in [5, 5.41) is 2.48. The molecule has 0 aliphatic heterocycles. The van der Waals surface area contributed by atoms with Crippen LogP contribution in [-0.2, 0) is 12.8 Å². The van der Waals surface area contributed by atoms with Crippen LogP contribution in [0.1, 0.15) is 24.0 Å². The zero-order valence-electron chi connectivity index (χ0n) is 11.5. The van der Waals surface area contributed by atoms with Crippen molar-refractivity contribution in [1.82, 2.24) is 4.98 Å². The number of fused-ring (bicyclic) bond motifs is 2. The van der Waals surface area contributed by atoms with Crippen molar-refractivity contribution in [1.29, 1.82) is 0 Å². The normalized spacial score (nSPS) is 14.2. The van der Waals surface area contributed by atoms with Crippen LogP contribution in [0.2, 0.25) is 0 Å². The van der Waals surface area contributed by atoms with Gasteiger partial charge in [-0.15, -0.1) is 0 Å². The molecule has 4 rings (SSSR count). The van der Waals surface area contributed by atoms with Crippen molar-refractivity contribution in [2.75, 3.05) is 0 Å². The van der Waals surface area contributed by atoms with Crippen LogP contribution < -0.4 is 0 Å². The molecule has 98 valence electrons. The highest BCUT2D eigenvalue weighted by Crippen LogP contribution is 2.31. The maximum Gasteiger partial charge on any atom is 0.0711 e. The van der Waals surface area contributed by atoms with Crippen LogP contribution in [0.5, 0.6) is 0 Å². The molecule has 0 saturated carbocycles. The fourth-order valence-electron chi connectivity index (χ4n) is 3.25. The van der Waals surface area contributed by atoms with Crippen molar-refractivity contribution in [2.45, 2.75) is 25.7 Å². The average Bonchev–Trinajstić information content (AvgIpc) is 2.54. The summed E-state index contributed by atoms with van der Waals surface area (Å²) < 4.78 is 0. The Labute approximate surface area is 119 Å². The molecule has 0 amide bonds. The highest BCUT2D eigenvalue weighted by atomic mass is 14.7. The number of benzene rings is 2. The number of hydrogen-bond donors (Lipinski definition) is 0. The second kappa shape index (κ2) is 4.75. The van der Waals surface area contributed by atoms with Gasteiger partial charge in [0.05, 0.1) is 5.69 Å². The van der Waals surface area contributed by atoms with Crippen LogP contribution in [0.15, 0.2) is 54.7 Å². The molecule has 0 unspecified atom stereocenters. The van der Waals surface area contributed by atoms with Gasteiger partial charge in [-0.3, -0.25) is 4.98 Å². The van der Waals surface area contributed by atoms with Gasteiger partial charge < -0.3 is 0 Å². The van der Waals surface area contributed by atoms with Crippen LogP contribution in [0, 0.1) is 0 Å². The maximum atomic E-state index is 4.69. The van der Waals surface area contributed by atoms with E-state index in [2.05, 4.69) is 53.5 Å². The van der Waals surface area contributed by atoms with Gasteiger partial charge >= 0.3 is 0 Å². The van der Waals surface area contributed by atoms with Crippen molar-refractivity contribution in [3.8, 4) is 11.3 Å². The lowest BCUT2D eigenvalue weighted by Crippen LogP contribution is -2.04. The standard InChI is InChI=1S/C19H17N/c1-2-8-16-13-20-19(12-15(16)7-1)18-11-5-9-14-6-3-4-10-17(14)18/h1-2,5,7-9,11-13H,3-4,6,10H2. The fraction of sp³-hybridized carbons (Fsp3) is 0.211. The van der Waals surface area contributed by atoms with Gasteiger partial charge in [0.2, 0.25) is 0 Å². The van der Waals surface area contributed by atoms with E-state index in [1.54, 1.807) is 0 Å². The molecule has 1 aromatic heterocycles. The minimum atomic E-state index is 1.11. The van der Waals surface area contributed by atoms with Crippen molar-refractivity contribution in [2.24, 2.45) is 0 Å². The van der Waals surface area contributed by atoms with E-state index in [9.17, 15) is 0 Å². The van der Waals surface area contributed by atoms with Crippen molar-refractivity contribution in [3.05, 3.63) is 65.9 Å². The summed E-state index contributed by atoms with van der Waals surface area (Å²) in [4.78, 5) is 4.69. The quantitative estimate of drug-likeness (QED) is 0.613. The number of nitrogens with zero attached hydrogens (tertiary/aromatic N) is 1. The molecule has 0 saturated heterocycles. The average molecular weight is 259 g/mol. The van der Waals surface area contributed by atoms with E-state index in [1.165, 1.54) is 53.1 Å². The van der Waals surface area contributed by atoms with Gasteiger partial charge in [0, 0.05) is 17.1 Å². The first-order chi connectivity index (χ1) is 9.92. The summed E-state index contributed by atoms with van der Waals surface area (Å²) in [7, 11) is 0. The molecule has 0 bridgehead atoms. The second-order valence-corrected chi connectivity index (χ2v) is 5.57. The van der Waals surface area contributed by atoms with Crippen LogP contribution in [0.4, 0.5) is 0 Å². The van der Waals surface area contributed by atoms with E-state index in [-0.39, 0.29) is 0 Å². The van der Waals surface area contributed by atoms with Crippen LogP contribution in [-0.4, -0.2) is 4.98 Å². The molecule has 3 aromatic rings. The van der Waals surface area contributed by atoms with Gasteiger partial charge in [-0.05, 0) is 48.3 Å². The van der Waals surface area contributed by atoms with E-state index < -0.39 is 0 Å². The number of aryl methyl sites for hydroxylation is 1. The van der Waals surface area contributed by atoms with E-state index in [4.69, 9.17) is 0 Å². The third kappa shape index (κ3) is 1.90. The lowest BCUT2D eigenvalue weighted by atomic mass is 9.87. The fourth-order valence-corrected chi connectivity index (χ4v) is 3.25. The molecular weight excluding hydrogens is 242 g/mol. The Hall–Kier alpha value is -2.15. The van der Waals surface area contributed by atoms with Gasteiger partial charge in [-0.1, -0.05) is 42.5 Å². The van der Waals surface area contributed by atoms with E-state index >= 15 is 0 Å². The van der Waals surface area contributed by atoms with E-state index in [1.807, 2.05) is 6.20 Å². The zero-order valence-corrected chi connectivity index (χ0v) is 11.5. The van der Waals surface area contributed by atoms with Gasteiger partial charge in [-0.25, -0.2) is 0 Å². The Morgan fingerprint density at radius 2 is 1.65 bits per heavy atom. The Kier molecular flexibility index (Phi) is 2.77. The number of hydrogen-bond acceptors (Lipinski definition) is 1.